The van der Waals surface area contributed by atoms with Crippen molar-refractivity contribution in [2.45, 2.75) is 31.8 Å². The minimum Gasteiger partial charge on any atom is -0.469 e. The highest BCUT2D eigenvalue weighted by atomic mass is 16.5. The number of H-pyrrole nitrogens is 1. The van der Waals surface area contributed by atoms with Gasteiger partial charge >= 0.3 is 5.97 Å². The Balaban J connectivity index is 1.63. The molecule has 0 aromatic carbocycles. The van der Waals surface area contributed by atoms with E-state index in [0.717, 1.165) is 30.7 Å². The van der Waals surface area contributed by atoms with Crippen LogP contribution in [0.15, 0.2) is 28.9 Å². The number of furan rings is 1. The monoisotopic (exact) mass is 274 g/mol. The number of nitrogens with one attached hydrogen (secondary N) is 2. The molecule has 20 heavy (non-hydrogen) atoms. The summed E-state index contributed by atoms with van der Waals surface area (Å²) in [6, 6.07) is 6.01. The molecule has 0 fully saturated rings. The van der Waals surface area contributed by atoms with Gasteiger partial charge in [0.1, 0.15) is 11.5 Å². The zero-order chi connectivity index (χ0) is 13.9. The number of esters is 1. The van der Waals surface area contributed by atoms with Crippen molar-refractivity contribution in [2.24, 2.45) is 0 Å². The van der Waals surface area contributed by atoms with Gasteiger partial charge in [0.05, 0.1) is 13.4 Å². The first-order valence-electron chi connectivity index (χ1n) is 6.84. The number of methoxy groups -OCH3 is 1. The zero-order valence-electron chi connectivity index (χ0n) is 11.4. The van der Waals surface area contributed by atoms with Crippen molar-refractivity contribution < 1.29 is 13.9 Å². The second kappa shape index (κ2) is 5.54. The third-order valence-corrected chi connectivity index (χ3v) is 3.74. The minimum absolute atomic E-state index is 0.322. The summed E-state index contributed by atoms with van der Waals surface area (Å²) < 4.78 is 10.2. The average Bonchev–Trinajstić information content (AvgIpc) is 3.13. The molecule has 1 aliphatic rings. The fraction of sp³-hybridized carbons (Fsp3) is 0.400. The number of hydrogen-bond acceptors (Lipinski definition) is 4. The Labute approximate surface area is 117 Å². The third kappa shape index (κ3) is 2.49. The second-order valence-corrected chi connectivity index (χ2v) is 5.01. The lowest BCUT2D eigenvalue weighted by molar-refractivity contribution is 0.0594. The van der Waals surface area contributed by atoms with Crippen molar-refractivity contribution in [1.29, 1.82) is 0 Å². The quantitative estimate of drug-likeness (QED) is 0.841. The molecule has 5 nitrogen and oxygen atoms in total. The number of rotatable bonds is 4. The van der Waals surface area contributed by atoms with Gasteiger partial charge in [-0.15, -0.1) is 0 Å². The molecule has 0 amide bonds. The van der Waals surface area contributed by atoms with E-state index in [0.29, 0.717) is 18.3 Å². The van der Waals surface area contributed by atoms with Crippen molar-refractivity contribution >= 4 is 5.97 Å². The molecule has 5 heteroatoms. The van der Waals surface area contributed by atoms with Gasteiger partial charge in [-0.3, -0.25) is 0 Å². The Kier molecular flexibility index (Phi) is 3.60. The predicted octanol–water partition coefficient (Wildman–Crippen LogP) is 2.56. The lowest BCUT2D eigenvalue weighted by Crippen LogP contribution is -2.24. The van der Waals surface area contributed by atoms with Crippen molar-refractivity contribution in [2.75, 3.05) is 7.11 Å². The summed E-state index contributed by atoms with van der Waals surface area (Å²) in [6.45, 7) is 0.687. The van der Waals surface area contributed by atoms with E-state index in [-0.39, 0.29) is 5.97 Å². The summed E-state index contributed by atoms with van der Waals surface area (Å²) in [5.41, 5.74) is 2.72. The van der Waals surface area contributed by atoms with Crippen LogP contribution in [0.1, 0.15) is 46.4 Å². The topological polar surface area (TPSA) is 67.3 Å². The first kappa shape index (κ1) is 13.0. The van der Waals surface area contributed by atoms with E-state index in [9.17, 15) is 4.79 Å². The van der Waals surface area contributed by atoms with Crippen LogP contribution in [-0.2, 0) is 17.7 Å². The smallest absolute Gasteiger partial charge is 0.354 e. The van der Waals surface area contributed by atoms with Crippen LogP contribution < -0.4 is 5.32 Å². The SMILES string of the molecule is COC(=O)c1ccc(CNC2CCCc3occc32)[nH]1. The highest BCUT2D eigenvalue weighted by Crippen LogP contribution is 2.30. The standard InChI is InChI=1S/C15H18N2O3/c1-19-15(18)13-6-5-10(17-13)9-16-12-3-2-4-14-11(12)7-8-20-14/h5-8,12,16-17H,2-4,9H2,1H3. The van der Waals surface area contributed by atoms with Crippen LogP contribution in [-0.4, -0.2) is 18.1 Å². The number of hydrogen-bond donors (Lipinski definition) is 2. The van der Waals surface area contributed by atoms with E-state index in [1.54, 1.807) is 12.3 Å². The Bertz CT molecular complexity index is 600. The molecular weight excluding hydrogens is 256 g/mol. The summed E-state index contributed by atoms with van der Waals surface area (Å²) in [6.07, 6.45) is 5.03. The van der Waals surface area contributed by atoms with E-state index in [4.69, 9.17) is 4.42 Å². The summed E-state index contributed by atoms with van der Waals surface area (Å²) in [5.74, 6) is 0.751. The van der Waals surface area contributed by atoms with Gasteiger partial charge in [-0.1, -0.05) is 0 Å². The van der Waals surface area contributed by atoms with Gasteiger partial charge in [0.2, 0.25) is 0 Å². The Morgan fingerprint density at radius 3 is 3.25 bits per heavy atom. The van der Waals surface area contributed by atoms with Crippen molar-refractivity contribution in [3.63, 3.8) is 0 Å². The predicted molar refractivity (Wildman–Crippen MR) is 73.4 cm³/mol. The molecule has 0 saturated carbocycles. The molecule has 1 aliphatic carbocycles. The second-order valence-electron chi connectivity index (χ2n) is 5.01. The Hall–Kier alpha value is -2.01. The molecule has 0 spiro atoms. The number of aromatic nitrogens is 1. The summed E-state index contributed by atoms with van der Waals surface area (Å²) >= 11 is 0. The van der Waals surface area contributed by atoms with Crippen LogP contribution in [0.25, 0.3) is 0 Å². The first-order chi connectivity index (χ1) is 9.78. The highest BCUT2D eigenvalue weighted by Gasteiger charge is 2.22. The molecule has 106 valence electrons. The van der Waals surface area contributed by atoms with Gasteiger partial charge in [-0.25, -0.2) is 4.79 Å². The number of fused-ring (bicyclic) bond motifs is 1. The number of ether oxygens (including phenoxy) is 1. The summed E-state index contributed by atoms with van der Waals surface area (Å²) in [4.78, 5) is 14.4. The highest BCUT2D eigenvalue weighted by molar-refractivity contribution is 5.87. The van der Waals surface area contributed by atoms with Crippen LogP contribution in [0.4, 0.5) is 0 Å². The molecule has 2 heterocycles. The van der Waals surface area contributed by atoms with Crippen LogP contribution in [0, 0.1) is 0 Å². The van der Waals surface area contributed by atoms with Gasteiger partial charge in [-0.05, 0) is 31.0 Å². The fourth-order valence-electron chi connectivity index (χ4n) is 2.70. The van der Waals surface area contributed by atoms with E-state index in [2.05, 4.69) is 15.0 Å². The molecular formula is C15H18N2O3. The fourth-order valence-corrected chi connectivity index (χ4v) is 2.70. The molecule has 0 aliphatic heterocycles. The number of aryl methyl sites for hydroxylation is 1. The Morgan fingerprint density at radius 2 is 2.40 bits per heavy atom. The normalized spacial score (nSPS) is 17.8. The van der Waals surface area contributed by atoms with Gasteiger partial charge in [0.25, 0.3) is 0 Å². The van der Waals surface area contributed by atoms with Gasteiger partial charge < -0.3 is 19.5 Å². The summed E-state index contributed by atoms with van der Waals surface area (Å²) in [7, 11) is 1.38. The van der Waals surface area contributed by atoms with Gasteiger partial charge in [0, 0.05) is 30.3 Å². The number of aromatic amines is 1. The van der Waals surface area contributed by atoms with E-state index in [1.807, 2.05) is 12.1 Å². The number of carbonyl (C=O) groups excluding carboxylic acids is 1. The van der Waals surface area contributed by atoms with Crippen molar-refractivity contribution in [1.82, 2.24) is 10.3 Å². The molecule has 2 aromatic heterocycles. The minimum atomic E-state index is -0.342. The average molecular weight is 274 g/mol. The Morgan fingerprint density at radius 1 is 1.50 bits per heavy atom. The van der Waals surface area contributed by atoms with Crippen LogP contribution in [0.2, 0.25) is 0 Å². The molecule has 2 N–H and O–H groups in total. The van der Waals surface area contributed by atoms with E-state index >= 15 is 0 Å². The van der Waals surface area contributed by atoms with Crippen molar-refractivity contribution in [3.05, 3.63) is 47.2 Å². The van der Waals surface area contributed by atoms with E-state index in [1.165, 1.54) is 12.7 Å². The molecule has 1 unspecified atom stereocenters. The maximum absolute atomic E-state index is 11.4. The number of carbonyl (C=O) groups is 1. The first-order valence-corrected chi connectivity index (χ1v) is 6.84. The molecule has 2 aromatic rings. The lowest BCUT2D eigenvalue weighted by Gasteiger charge is -2.22. The van der Waals surface area contributed by atoms with Gasteiger partial charge in [-0.2, -0.15) is 0 Å². The van der Waals surface area contributed by atoms with Gasteiger partial charge in [0.15, 0.2) is 0 Å². The molecule has 1 atom stereocenters. The molecule has 3 rings (SSSR count). The molecule has 0 bridgehead atoms. The maximum atomic E-state index is 11.4. The maximum Gasteiger partial charge on any atom is 0.354 e. The third-order valence-electron chi connectivity index (χ3n) is 3.74. The zero-order valence-corrected chi connectivity index (χ0v) is 11.4. The van der Waals surface area contributed by atoms with Crippen LogP contribution in [0.3, 0.4) is 0 Å². The van der Waals surface area contributed by atoms with Crippen LogP contribution in [0.5, 0.6) is 0 Å². The largest absolute Gasteiger partial charge is 0.469 e. The molecule has 0 saturated heterocycles. The van der Waals surface area contributed by atoms with E-state index < -0.39 is 0 Å². The summed E-state index contributed by atoms with van der Waals surface area (Å²) in [5, 5.41) is 3.51. The van der Waals surface area contributed by atoms with Crippen molar-refractivity contribution in [3.8, 4) is 0 Å². The molecule has 0 radical (unpaired) electrons. The lowest BCUT2D eigenvalue weighted by atomic mass is 9.93. The van der Waals surface area contributed by atoms with Crippen LogP contribution >= 0.6 is 0 Å².